The molecule has 0 spiro atoms. The van der Waals surface area contributed by atoms with Gasteiger partial charge in [0.1, 0.15) is 5.82 Å². The van der Waals surface area contributed by atoms with Crippen molar-refractivity contribution in [1.29, 1.82) is 0 Å². The summed E-state index contributed by atoms with van der Waals surface area (Å²) in [6.45, 7) is 5.36. The van der Waals surface area contributed by atoms with Crippen LogP contribution < -0.4 is 16.6 Å². The molecule has 0 amide bonds. The number of hydrogen-bond acceptors (Lipinski definition) is 6. The first-order valence-corrected chi connectivity index (χ1v) is 4.90. The Kier molecular flexibility index (Phi) is 4.79. The van der Waals surface area contributed by atoms with E-state index in [0.29, 0.717) is 24.8 Å². The van der Waals surface area contributed by atoms with Crippen LogP contribution in [0.15, 0.2) is 12.4 Å². The molecule has 4 N–H and O–H groups in total. The quantitative estimate of drug-likeness (QED) is 0.472. The van der Waals surface area contributed by atoms with E-state index in [9.17, 15) is 0 Å². The highest BCUT2D eigenvalue weighted by Gasteiger charge is 2.01. The van der Waals surface area contributed by atoms with Gasteiger partial charge in [-0.3, -0.25) is 4.98 Å². The van der Waals surface area contributed by atoms with E-state index in [1.807, 2.05) is 13.8 Å². The lowest BCUT2D eigenvalue weighted by Crippen LogP contribution is -2.20. The van der Waals surface area contributed by atoms with Crippen LogP contribution in [0.25, 0.3) is 0 Å². The molecule has 0 saturated heterocycles. The van der Waals surface area contributed by atoms with Crippen molar-refractivity contribution < 1.29 is 4.74 Å². The molecular formula is C9H17N5O. The van der Waals surface area contributed by atoms with Crippen LogP contribution >= 0.6 is 0 Å². The van der Waals surface area contributed by atoms with Crippen LogP contribution in [0.2, 0.25) is 0 Å². The minimum Gasteiger partial charge on any atom is -0.377 e. The summed E-state index contributed by atoms with van der Waals surface area (Å²) < 4.78 is 5.37. The van der Waals surface area contributed by atoms with Crippen molar-refractivity contribution in [3.8, 4) is 0 Å². The number of hydrazine groups is 1. The van der Waals surface area contributed by atoms with Gasteiger partial charge in [0.05, 0.1) is 18.5 Å². The molecule has 0 bridgehead atoms. The number of nitrogens with zero attached hydrogens (tertiary/aromatic N) is 2. The second-order valence-corrected chi connectivity index (χ2v) is 3.08. The van der Waals surface area contributed by atoms with Gasteiger partial charge in [-0.2, -0.15) is 0 Å². The molecule has 1 rings (SSSR count). The fraction of sp³-hybridized carbons (Fsp3) is 0.556. The average molecular weight is 211 g/mol. The summed E-state index contributed by atoms with van der Waals surface area (Å²) in [6, 6.07) is 0. The van der Waals surface area contributed by atoms with Crippen LogP contribution in [-0.2, 0) is 4.74 Å². The molecule has 1 unspecified atom stereocenters. The number of nitrogens with one attached hydrogen (secondary N) is 2. The molecule has 6 heteroatoms. The van der Waals surface area contributed by atoms with E-state index in [0.717, 1.165) is 0 Å². The summed E-state index contributed by atoms with van der Waals surface area (Å²) in [5.74, 6) is 6.43. The third-order valence-corrected chi connectivity index (χ3v) is 1.80. The largest absolute Gasteiger partial charge is 0.377 e. The van der Waals surface area contributed by atoms with E-state index >= 15 is 0 Å². The molecule has 0 aliphatic heterocycles. The number of nitrogens with two attached hydrogens (primary N) is 1. The van der Waals surface area contributed by atoms with E-state index in [2.05, 4.69) is 20.7 Å². The number of anilines is 2. The Balaban J connectivity index is 2.43. The zero-order valence-electron chi connectivity index (χ0n) is 9.03. The van der Waals surface area contributed by atoms with Crippen LogP contribution in [0.3, 0.4) is 0 Å². The third kappa shape index (κ3) is 4.09. The summed E-state index contributed by atoms with van der Waals surface area (Å²) in [4.78, 5) is 8.13. The Labute approximate surface area is 89.2 Å². The van der Waals surface area contributed by atoms with Gasteiger partial charge in [0.15, 0.2) is 5.82 Å². The van der Waals surface area contributed by atoms with E-state index < -0.39 is 0 Å². The first kappa shape index (κ1) is 11.7. The van der Waals surface area contributed by atoms with Gasteiger partial charge in [-0.1, -0.05) is 0 Å². The fourth-order valence-electron chi connectivity index (χ4n) is 1.11. The summed E-state index contributed by atoms with van der Waals surface area (Å²) in [6.07, 6.45) is 3.34. The molecule has 0 fully saturated rings. The SMILES string of the molecule is CCOC(C)CNc1cncc(NN)n1. The number of ether oxygens (including phenoxy) is 1. The number of nitrogen functional groups attached to an aromatic ring is 1. The molecule has 0 aromatic carbocycles. The van der Waals surface area contributed by atoms with Gasteiger partial charge < -0.3 is 15.5 Å². The Morgan fingerprint density at radius 1 is 1.47 bits per heavy atom. The molecule has 15 heavy (non-hydrogen) atoms. The molecule has 1 atom stereocenters. The maximum Gasteiger partial charge on any atom is 0.160 e. The van der Waals surface area contributed by atoms with Crippen LogP contribution in [0.5, 0.6) is 0 Å². The monoisotopic (exact) mass is 211 g/mol. The first-order chi connectivity index (χ1) is 7.26. The van der Waals surface area contributed by atoms with Gasteiger partial charge in [0, 0.05) is 13.2 Å². The molecule has 1 heterocycles. The van der Waals surface area contributed by atoms with Gasteiger partial charge in [0.2, 0.25) is 0 Å². The first-order valence-electron chi connectivity index (χ1n) is 4.90. The van der Waals surface area contributed by atoms with Crippen molar-refractivity contribution in [3.05, 3.63) is 12.4 Å². The number of hydrogen-bond donors (Lipinski definition) is 3. The lowest BCUT2D eigenvalue weighted by atomic mass is 10.4. The Morgan fingerprint density at radius 3 is 2.87 bits per heavy atom. The minimum atomic E-state index is 0.145. The van der Waals surface area contributed by atoms with Crippen molar-refractivity contribution in [2.45, 2.75) is 20.0 Å². The summed E-state index contributed by atoms with van der Waals surface area (Å²) in [7, 11) is 0. The van der Waals surface area contributed by atoms with Gasteiger partial charge in [-0.15, -0.1) is 0 Å². The second kappa shape index (κ2) is 6.15. The molecule has 0 radical (unpaired) electrons. The molecule has 0 aliphatic rings. The van der Waals surface area contributed by atoms with E-state index in [1.54, 1.807) is 12.4 Å². The predicted octanol–water partition coefficient (Wildman–Crippen LogP) is 0.599. The normalized spacial score (nSPS) is 12.2. The van der Waals surface area contributed by atoms with Crippen LogP contribution in [0.4, 0.5) is 11.6 Å². The van der Waals surface area contributed by atoms with Crippen molar-refractivity contribution in [1.82, 2.24) is 9.97 Å². The molecule has 84 valence electrons. The highest BCUT2D eigenvalue weighted by atomic mass is 16.5. The third-order valence-electron chi connectivity index (χ3n) is 1.80. The average Bonchev–Trinajstić information content (AvgIpc) is 2.27. The predicted molar refractivity (Wildman–Crippen MR) is 59.4 cm³/mol. The topological polar surface area (TPSA) is 85.1 Å². The lowest BCUT2D eigenvalue weighted by Gasteiger charge is -2.12. The van der Waals surface area contributed by atoms with Gasteiger partial charge in [-0.05, 0) is 13.8 Å². The van der Waals surface area contributed by atoms with Gasteiger partial charge in [-0.25, -0.2) is 10.8 Å². The Hall–Kier alpha value is -1.40. The van der Waals surface area contributed by atoms with Crippen molar-refractivity contribution in [2.24, 2.45) is 5.84 Å². The van der Waals surface area contributed by atoms with Crippen molar-refractivity contribution >= 4 is 11.6 Å². The minimum absolute atomic E-state index is 0.145. The zero-order valence-corrected chi connectivity index (χ0v) is 9.03. The van der Waals surface area contributed by atoms with Gasteiger partial charge in [0.25, 0.3) is 0 Å². The summed E-state index contributed by atoms with van der Waals surface area (Å²) in [5, 5.41) is 3.11. The lowest BCUT2D eigenvalue weighted by molar-refractivity contribution is 0.0855. The smallest absolute Gasteiger partial charge is 0.160 e. The van der Waals surface area contributed by atoms with Crippen LogP contribution in [0.1, 0.15) is 13.8 Å². The van der Waals surface area contributed by atoms with E-state index in [4.69, 9.17) is 10.6 Å². The highest BCUT2D eigenvalue weighted by Crippen LogP contribution is 2.05. The molecule has 0 aliphatic carbocycles. The highest BCUT2D eigenvalue weighted by molar-refractivity contribution is 5.40. The Bertz CT molecular complexity index is 294. The Morgan fingerprint density at radius 2 is 2.20 bits per heavy atom. The molecule has 6 nitrogen and oxygen atoms in total. The fourth-order valence-corrected chi connectivity index (χ4v) is 1.11. The summed E-state index contributed by atoms with van der Waals surface area (Å²) in [5.41, 5.74) is 2.44. The standard InChI is InChI=1S/C9H17N5O/c1-3-15-7(2)4-12-8-5-11-6-9(13-8)14-10/h5-7H,3-4,10H2,1-2H3,(H2,12,13,14). The van der Waals surface area contributed by atoms with Crippen LogP contribution in [0, 0.1) is 0 Å². The number of rotatable bonds is 6. The van der Waals surface area contributed by atoms with Crippen molar-refractivity contribution in [2.75, 3.05) is 23.9 Å². The van der Waals surface area contributed by atoms with E-state index in [-0.39, 0.29) is 6.10 Å². The van der Waals surface area contributed by atoms with Crippen molar-refractivity contribution in [3.63, 3.8) is 0 Å². The van der Waals surface area contributed by atoms with E-state index in [1.165, 1.54) is 0 Å². The molecule has 1 aromatic heterocycles. The summed E-state index contributed by atoms with van der Waals surface area (Å²) >= 11 is 0. The van der Waals surface area contributed by atoms with Crippen LogP contribution in [-0.4, -0.2) is 29.2 Å². The number of aromatic nitrogens is 2. The molecular weight excluding hydrogens is 194 g/mol. The second-order valence-electron chi connectivity index (χ2n) is 3.08. The maximum atomic E-state index is 5.37. The molecule has 1 aromatic rings. The van der Waals surface area contributed by atoms with Gasteiger partial charge >= 0.3 is 0 Å². The maximum absolute atomic E-state index is 5.37. The molecule has 0 saturated carbocycles. The zero-order chi connectivity index (χ0) is 11.1.